The topological polar surface area (TPSA) is 37.1 Å². The van der Waals surface area contributed by atoms with Gasteiger partial charge in [0.05, 0.1) is 4.90 Å². The first kappa shape index (κ1) is 23.7. The summed E-state index contributed by atoms with van der Waals surface area (Å²) in [5.41, 5.74) is 4.84. The van der Waals surface area contributed by atoms with Crippen molar-refractivity contribution in [2.75, 3.05) is 0 Å². The molecule has 0 N–H and O–H groups in total. The summed E-state index contributed by atoms with van der Waals surface area (Å²) in [4.78, 5) is 0.393. The quantitative estimate of drug-likeness (QED) is 0.325. The van der Waals surface area contributed by atoms with Crippen LogP contribution >= 0.6 is 0 Å². The van der Waals surface area contributed by atoms with Gasteiger partial charge in [-0.15, -0.1) is 0 Å². The van der Waals surface area contributed by atoms with E-state index in [2.05, 4.69) is 51.1 Å². The van der Waals surface area contributed by atoms with Crippen molar-refractivity contribution >= 4 is 10.0 Å². The third-order valence-corrected chi connectivity index (χ3v) is 8.67. The lowest BCUT2D eigenvalue weighted by atomic mass is 9.99. The molecule has 0 amide bonds. The minimum absolute atomic E-state index is 0.0609. The summed E-state index contributed by atoms with van der Waals surface area (Å²) in [6.45, 7) is 12.6. The van der Waals surface area contributed by atoms with Crippen LogP contribution in [-0.2, 0) is 16.4 Å². The Morgan fingerprint density at radius 2 is 1.68 bits per heavy atom. The van der Waals surface area contributed by atoms with Gasteiger partial charge in [0.25, 0.3) is 0 Å². The van der Waals surface area contributed by atoms with Crippen LogP contribution < -0.4 is 0 Å². The Kier molecular flexibility index (Phi) is 7.12. The largest absolute Gasteiger partial charge is 0.243 e. The van der Waals surface area contributed by atoms with Gasteiger partial charge in [-0.1, -0.05) is 67.5 Å². The Labute approximate surface area is 189 Å². The Balaban J connectivity index is 1.53. The average molecular weight is 440 g/mol. The summed E-state index contributed by atoms with van der Waals surface area (Å²) >= 11 is 0. The summed E-state index contributed by atoms with van der Waals surface area (Å²) in [5.74, 6) is 0.567. The molecule has 1 fully saturated rings. The fourth-order valence-electron chi connectivity index (χ4n) is 4.32. The van der Waals surface area contributed by atoms with Crippen molar-refractivity contribution in [2.45, 2.75) is 89.6 Å². The van der Waals surface area contributed by atoms with Crippen molar-refractivity contribution in [1.29, 1.82) is 0 Å². The lowest BCUT2D eigenvalue weighted by molar-refractivity contribution is 0.525. The molecule has 2 atom stereocenters. The molecule has 0 saturated carbocycles. The van der Waals surface area contributed by atoms with E-state index in [0.29, 0.717) is 10.8 Å². The molecule has 1 aliphatic rings. The summed E-state index contributed by atoms with van der Waals surface area (Å²) < 4.78 is 27.9. The molecule has 3 rings (SSSR count). The molecule has 0 radical (unpaired) electrons. The zero-order valence-electron chi connectivity index (χ0n) is 19.9. The lowest BCUT2D eigenvalue weighted by Crippen LogP contribution is -2.18. The molecule has 3 nitrogen and oxygen atoms in total. The van der Waals surface area contributed by atoms with Crippen LogP contribution in [0.15, 0.2) is 65.1 Å². The first-order valence-electron chi connectivity index (χ1n) is 11.4. The second-order valence-corrected chi connectivity index (χ2v) is 11.6. The molecule has 1 heterocycles. The number of allylic oxidation sites excluding steroid dienone is 2. The number of hydrogen-bond donors (Lipinski definition) is 0. The van der Waals surface area contributed by atoms with Gasteiger partial charge in [-0.05, 0) is 82.6 Å². The maximum absolute atomic E-state index is 13.1. The number of rotatable bonds is 9. The van der Waals surface area contributed by atoms with Crippen LogP contribution in [0.1, 0.15) is 76.5 Å². The van der Waals surface area contributed by atoms with E-state index in [0.717, 1.165) is 31.2 Å². The molecule has 2 aromatic rings. The van der Waals surface area contributed by atoms with E-state index in [1.807, 2.05) is 32.9 Å². The van der Waals surface area contributed by atoms with Crippen molar-refractivity contribution in [3.05, 3.63) is 76.9 Å². The number of hydrogen-bond acceptors (Lipinski definition) is 2. The Bertz CT molecular complexity index is 1020. The van der Waals surface area contributed by atoms with Gasteiger partial charge in [0.1, 0.15) is 0 Å². The molecule has 0 aromatic heterocycles. The number of benzene rings is 2. The highest BCUT2D eigenvalue weighted by atomic mass is 32.2. The Morgan fingerprint density at radius 3 is 2.26 bits per heavy atom. The van der Waals surface area contributed by atoms with E-state index in [4.69, 9.17) is 0 Å². The summed E-state index contributed by atoms with van der Waals surface area (Å²) in [5, 5.41) is 0. The van der Waals surface area contributed by atoms with Crippen LogP contribution in [0.4, 0.5) is 0 Å². The van der Waals surface area contributed by atoms with Crippen molar-refractivity contribution < 1.29 is 8.42 Å². The van der Waals surface area contributed by atoms with Crippen molar-refractivity contribution in [2.24, 2.45) is 0 Å². The van der Waals surface area contributed by atoms with Gasteiger partial charge in [0, 0.05) is 11.6 Å². The highest BCUT2D eigenvalue weighted by Crippen LogP contribution is 2.48. The van der Waals surface area contributed by atoms with E-state index in [1.165, 1.54) is 16.7 Å². The van der Waals surface area contributed by atoms with Gasteiger partial charge >= 0.3 is 0 Å². The van der Waals surface area contributed by atoms with E-state index >= 15 is 0 Å². The Morgan fingerprint density at radius 1 is 1.06 bits per heavy atom. The fraction of sp³-hybridized carbons (Fsp3) is 0.481. The summed E-state index contributed by atoms with van der Waals surface area (Å²) in [6, 6.07) is 16.2. The van der Waals surface area contributed by atoms with Gasteiger partial charge in [0.2, 0.25) is 10.0 Å². The van der Waals surface area contributed by atoms with Crippen LogP contribution in [0.3, 0.4) is 0 Å². The molecule has 2 aromatic carbocycles. The zero-order chi connectivity index (χ0) is 22.8. The molecule has 31 heavy (non-hydrogen) atoms. The van der Waals surface area contributed by atoms with Crippen LogP contribution in [0.25, 0.3) is 0 Å². The molecule has 0 aliphatic carbocycles. The molecule has 2 unspecified atom stereocenters. The van der Waals surface area contributed by atoms with Crippen LogP contribution in [-0.4, -0.2) is 24.3 Å². The lowest BCUT2D eigenvalue weighted by Gasteiger charge is -2.09. The second kappa shape index (κ2) is 9.30. The third-order valence-electron chi connectivity index (χ3n) is 6.56. The maximum Gasteiger partial charge on any atom is 0.243 e. The molecule has 1 saturated heterocycles. The minimum Gasteiger partial charge on any atom is -0.207 e. The summed E-state index contributed by atoms with van der Waals surface area (Å²) in [6.07, 6.45) is 6.17. The third kappa shape index (κ3) is 5.48. The SMILES string of the molecule is C/C(=C\CCc1ccc(C(C)C)cc1)CCC1N(S(=O)(=O)c2ccc(C)cc2)C1(C)C. The van der Waals surface area contributed by atoms with Crippen LogP contribution in [0.5, 0.6) is 0 Å². The zero-order valence-corrected chi connectivity index (χ0v) is 20.7. The molecular weight excluding hydrogens is 402 g/mol. The predicted octanol–water partition coefficient (Wildman–Crippen LogP) is 6.63. The van der Waals surface area contributed by atoms with E-state index < -0.39 is 10.0 Å². The van der Waals surface area contributed by atoms with E-state index in [1.54, 1.807) is 16.4 Å². The predicted molar refractivity (Wildman–Crippen MR) is 130 cm³/mol. The maximum atomic E-state index is 13.1. The van der Waals surface area contributed by atoms with Crippen molar-refractivity contribution in [3.8, 4) is 0 Å². The standard InChI is InChI=1S/C27H37NO2S/c1-20(2)24-15-13-23(14-16-24)9-7-8-21(3)12-19-26-27(5,6)28(26)31(29,30)25-17-10-22(4)11-18-25/h8,10-11,13-18,20,26H,7,9,12,19H2,1-6H3/b21-8+. The Hall–Kier alpha value is -1.91. The highest BCUT2D eigenvalue weighted by molar-refractivity contribution is 7.89. The van der Waals surface area contributed by atoms with Gasteiger partial charge in [0.15, 0.2) is 0 Å². The first-order valence-corrected chi connectivity index (χ1v) is 12.8. The average Bonchev–Trinajstić information content (AvgIpc) is 3.28. The van der Waals surface area contributed by atoms with Crippen LogP contribution in [0, 0.1) is 6.92 Å². The highest BCUT2D eigenvalue weighted by Gasteiger charge is 2.61. The molecule has 1 aliphatic heterocycles. The normalized spacial score (nSPS) is 20.8. The van der Waals surface area contributed by atoms with E-state index in [9.17, 15) is 8.42 Å². The molecular formula is C27H37NO2S. The minimum atomic E-state index is -3.44. The monoisotopic (exact) mass is 439 g/mol. The molecule has 0 bridgehead atoms. The molecule has 4 heteroatoms. The first-order chi connectivity index (χ1) is 14.5. The van der Waals surface area contributed by atoms with Crippen molar-refractivity contribution in [3.63, 3.8) is 0 Å². The van der Waals surface area contributed by atoms with Crippen LogP contribution in [0.2, 0.25) is 0 Å². The smallest absolute Gasteiger partial charge is 0.207 e. The van der Waals surface area contributed by atoms with Crippen molar-refractivity contribution in [1.82, 2.24) is 4.31 Å². The number of aryl methyl sites for hydroxylation is 2. The molecule has 168 valence electrons. The molecule has 0 spiro atoms. The second-order valence-electron chi connectivity index (χ2n) is 9.81. The van der Waals surface area contributed by atoms with Gasteiger partial charge in [-0.2, -0.15) is 4.31 Å². The summed E-state index contributed by atoms with van der Waals surface area (Å²) in [7, 11) is -3.44. The number of sulfonamides is 1. The van der Waals surface area contributed by atoms with E-state index in [-0.39, 0.29) is 11.6 Å². The number of nitrogens with zero attached hydrogens (tertiary/aromatic N) is 1. The van der Waals surface area contributed by atoms with Gasteiger partial charge < -0.3 is 0 Å². The van der Waals surface area contributed by atoms with Gasteiger partial charge in [-0.25, -0.2) is 8.42 Å². The van der Waals surface area contributed by atoms with Gasteiger partial charge in [-0.3, -0.25) is 0 Å². The fourth-order valence-corrected chi connectivity index (χ4v) is 6.42.